The first-order valence-electron chi connectivity index (χ1n) is 7.57. The molecule has 1 aromatic carbocycles. The van der Waals surface area contributed by atoms with Crippen molar-refractivity contribution in [3.63, 3.8) is 0 Å². The van der Waals surface area contributed by atoms with E-state index in [1.165, 1.54) is 0 Å². The zero-order chi connectivity index (χ0) is 15.2. The number of nitrogens with two attached hydrogens (primary N) is 3. The quantitative estimate of drug-likeness (QED) is 0.743. The zero-order valence-electron chi connectivity index (χ0n) is 12.6. The van der Waals surface area contributed by atoms with E-state index in [-0.39, 0.29) is 12.1 Å². The van der Waals surface area contributed by atoms with E-state index in [9.17, 15) is 0 Å². The minimum absolute atomic E-state index is 0.0439. The Hall–Kier alpha value is -1.84. The van der Waals surface area contributed by atoms with Crippen molar-refractivity contribution < 1.29 is 0 Å². The van der Waals surface area contributed by atoms with Crippen LogP contribution >= 0.6 is 0 Å². The molecule has 2 rings (SSSR count). The average molecular weight is 283 g/mol. The van der Waals surface area contributed by atoms with Crippen molar-refractivity contribution in [2.24, 2.45) is 17.2 Å². The molecular weight excluding hydrogens is 258 g/mol. The molecule has 6 N–H and O–H groups in total. The molecule has 0 saturated carbocycles. The number of benzene rings is 1. The van der Waals surface area contributed by atoms with Crippen molar-refractivity contribution in [2.45, 2.75) is 38.3 Å². The van der Waals surface area contributed by atoms with Crippen molar-refractivity contribution in [3.8, 4) is 0 Å². The third kappa shape index (κ3) is 4.06. The first-order valence-corrected chi connectivity index (χ1v) is 7.57. The standard InChI is InChI=1S/C18H25N3/c1-2-6-14(16-12-15(19)9-10-17(16)20)11-18(21)13-7-4-3-5-8-13/h3-8,11-12,15,17H,2,9-10,19-21H2,1H3/b14-6+,18-11-. The van der Waals surface area contributed by atoms with Gasteiger partial charge < -0.3 is 17.2 Å². The fourth-order valence-electron chi connectivity index (χ4n) is 2.64. The van der Waals surface area contributed by atoms with Crippen LogP contribution in [-0.4, -0.2) is 12.1 Å². The van der Waals surface area contributed by atoms with Crippen molar-refractivity contribution in [2.75, 3.05) is 0 Å². The Morgan fingerprint density at radius 3 is 2.57 bits per heavy atom. The molecular formula is C18H25N3. The van der Waals surface area contributed by atoms with E-state index in [1.54, 1.807) is 0 Å². The lowest BCUT2D eigenvalue weighted by Gasteiger charge is -2.25. The van der Waals surface area contributed by atoms with Gasteiger partial charge in [-0.15, -0.1) is 0 Å². The summed E-state index contributed by atoms with van der Waals surface area (Å²) in [4.78, 5) is 0. The van der Waals surface area contributed by atoms with Gasteiger partial charge in [-0.25, -0.2) is 0 Å². The lowest BCUT2D eigenvalue weighted by molar-refractivity contribution is 0.571. The molecule has 21 heavy (non-hydrogen) atoms. The van der Waals surface area contributed by atoms with Crippen LogP contribution in [0.25, 0.3) is 5.70 Å². The van der Waals surface area contributed by atoms with Crippen LogP contribution < -0.4 is 17.2 Å². The van der Waals surface area contributed by atoms with Gasteiger partial charge in [-0.1, -0.05) is 49.4 Å². The van der Waals surface area contributed by atoms with Gasteiger partial charge >= 0.3 is 0 Å². The highest BCUT2D eigenvalue weighted by molar-refractivity contribution is 5.67. The van der Waals surface area contributed by atoms with Crippen molar-refractivity contribution in [1.82, 2.24) is 0 Å². The monoisotopic (exact) mass is 283 g/mol. The second-order valence-electron chi connectivity index (χ2n) is 5.50. The molecule has 0 fully saturated rings. The van der Waals surface area contributed by atoms with E-state index in [2.05, 4.69) is 19.1 Å². The van der Waals surface area contributed by atoms with Gasteiger partial charge in [-0.2, -0.15) is 0 Å². The molecule has 112 valence electrons. The van der Waals surface area contributed by atoms with Crippen LogP contribution in [0.15, 0.2) is 59.7 Å². The summed E-state index contributed by atoms with van der Waals surface area (Å²) in [6.07, 6.45) is 9.08. The van der Waals surface area contributed by atoms with Crippen LogP contribution in [0, 0.1) is 0 Å². The van der Waals surface area contributed by atoms with Crippen molar-refractivity contribution in [3.05, 3.63) is 65.3 Å². The van der Waals surface area contributed by atoms with Gasteiger partial charge in [0.05, 0.1) is 0 Å². The lowest BCUT2D eigenvalue weighted by atomic mass is 9.86. The van der Waals surface area contributed by atoms with Gasteiger partial charge in [-0.05, 0) is 42.0 Å². The highest BCUT2D eigenvalue weighted by Gasteiger charge is 2.19. The van der Waals surface area contributed by atoms with Gasteiger partial charge in [0.15, 0.2) is 0 Å². The van der Waals surface area contributed by atoms with Crippen LogP contribution in [0.4, 0.5) is 0 Å². The predicted octanol–water partition coefficient (Wildman–Crippen LogP) is 2.70. The third-order valence-corrected chi connectivity index (χ3v) is 3.78. The highest BCUT2D eigenvalue weighted by atomic mass is 14.7. The minimum Gasteiger partial charge on any atom is -0.398 e. The van der Waals surface area contributed by atoms with Crippen LogP contribution in [0.3, 0.4) is 0 Å². The van der Waals surface area contributed by atoms with E-state index in [4.69, 9.17) is 17.2 Å². The maximum atomic E-state index is 6.25. The topological polar surface area (TPSA) is 78.1 Å². The van der Waals surface area contributed by atoms with E-state index in [0.29, 0.717) is 0 Å². The molecule has 1 aliphatic carbocycles. The van der Waals surface area contributed by atoms with Gasteiger partial charge in [0, 0.05) is 17.8 Å². The van der Waals surface area contributed by atoms with Crippen LogP contribution in [0.2, 0.25) is 0 Å². The maximum absolute atomic E-state index is 6.25. The summed E-state index contributed by atoms with van der Waals surface area (Å²) in [5.74, 6) is 0. The normalized spacial score (nSPS) is 23.9. The van der Waals surface area contributed by atoms with Crippen LogP contribution in [0.1, 0.15) is 31.7 Å². The minimum atomic E-state index is 0.0439. The Morgan fingerprint density at radius 1 is 1.19 bits per heavy atom. The van der Waals surface area contributed by atoms with Gasteiger partial charge in [-0.3, -0.25) is 0 Å². The van der Waals surface area contributed by atoms with E-state index in [1.807, 2.05) is 36.4 Å². The van der Waals surface area contributed by atoms with Crippen LogP contribution in [0.5, 0.6) is 0 Å². The van der Waals surface area contributed by atoms with Crippen molar-refractivity contribution in [1.29, 1.82) is 0 Å². The van der Waals surface area contributed by atoms with Gasteiger partial charge in [0.2, 0.25) is 0 Å². The number of allylic oxidation sites excluding steroid dienone is 2. The fraction of sp³-hybridized carbons (Fsp3) is 0.333. The Labute approximate surface area is 127 Å². The lowest BCUT2D eigenvalue weighted by Crippen LogP contribution is -2.33. The molecule has 0 saturated heterocycles. The first-order chi connectivity index (χ1) is 10.1. The predicted molar refractivity (Wildman–Crippen MR) is 90.2 cm³/mol. The second kappa shape index (κ2) is 7.25. The molecule has 3 heteroatoms. The summed E-state index contributed by atoms with van der Waals surface area (Å²) >= 11 is 0. The molecule has 2 unspecified atom stereocenters. The van der Waals surface area contributed by atoms with Gasteiger partial charge in [0.25, 0.3) is 0 Å². The molecule has 0 bridgehead atoms. The first kappa shape index (κ1) is 15.5. The maximum Gasteiger partial charge on any atom is 0.0393 e. The number of hydrogen-bond acceptors (Lipinski definition) is 3. The van der Waals surface area contributed by atoms with Crippen molar-refractivity contribution >= 4 is 5.70 Å². The molecule has 3 nitrogen and oxygen atoms in total. The molecule has 0 aromatic heterocycles. The molecule has 0 radical (unpaired) electrons. The Bertz CT molecular complexity index is 555. The van der Waals surface area contributed by atoms with E-state index < -0.39 is 0 Å². The molecule has 1 aromatic rings. The summed E-state index contributed by atoms with van der Waals surface area (Å²) in [6, 6.07) is 10.1. The molecule has 1 aliphatic rings. The number of rotatable bonds is 4. The summed E-state index contributed by atoms with van der Waals surface area (Å²) in [5.41, 5.74) is 22.5. The summed E-state index contributed by atoms with van der Waals surface area (Å²) in [5, 5.41) is 0. The molecule has 0 aliphatic heterocycles. The molecule has 2 atom stereocenters. The molecule has 0 heterocycles. The summed E-state index contributed by atoms with van der Waals surface area (Å²) < 4.78 is 0. The Morgan fingerprint density at radius 2 is 1.90 bits per heavy atom. The Balaban J connectivity index is 2.34. The molecule has 0 amide bonds. The number of hydrogen-bond donors (Lipinski definition) is 3. The summed E-state index contributed by atoms with van der Waals surface area (Å²) in [6.45, 7) is 2.11. The van der Waals surface area contributed by atoms with E-state index in [0.717, 1.165) is 41.7 Å². The summed E-state index contributed by atoms with van der Waals surface area (Å²) in [7, 11) is 0. The smallest absolute Gasteiger partial charge is 0.0393 e. The Kier molecular flexibility index (Phi) is 5.37. The SMILES string of the molecule is CC/C=C(\C=C(/N)c1ccccc1)C1=CC(N)CCC1N. The third-order valence-electron chi connectivity index (χ3n) is 3.78. The van der Waals surface area contributed by atoms with E-state index >= 15 is 0 Å². The van der Waals surface area contributed by atoms with Gasteiger partial charge in [0.1, 0.15) is 0 Å². The fourth-order valence-corrected chi connectivity index (χ4v) is 2.64. The largest absolute Gasteiger partial charge is 0.398 e. The van der Waals surface area contributed by atoms with Crippen LogP contribution in [-0.2, 0) is 0 Å². The highest BCUT2D eigenvalue weighted by Crippen LogP contribution is 2.26. The zero-order valence-corrected chi connectivity index (χ0v) is 12.6. The average Bonchev–Trinajstić information content (AvgIpc) is 2.50. The second-order valence-corrected chi connectivity index (χ2v) is 5.50. The molecule has 0 spiro atoms.